The molecule has 0 spiro atoms. The summed E-state index contributed by atoms with van der Waals surface area (Å²) in [6.07, 6.45) is 2.96. The van der Waals surface area contributed by atoms with Gasteiger partial charge >= 0.3 is 0 Å². The fourth-order valence-corrected chi connectivity index (χ4v) is 1.27. The predicted molar refractivity (Wildman–Crippen MR) is 59.6 cm³/mol. The van der Waals surface area contributed by atoms with Crippen LogP contribution in [0.1, 0.15) is 12.5 Å². The Hall–Kier alpha value is -1.69. The number of nitriles is 1. The van der Waals surface area contributed by atoms with Crippen molar-refractivity contribution in [3.8, 4) is 11.9 Å². The number of benzene rings is 1. The highest BCUT2D eigenvalue weighted by atomic mass is 16.5. The summed E-state index contributed by atoms with van der Waals surface area (Å²) in [5.74, 6) is 0.898. The molecule has 80 valence electrons. The zero-order chi connectivity index (χ0) is 11.1. The number of likely N-dealkylation sites (N-methyl/N-ethyl adjacent to an activating group) is 1. The van der Waals surface area contributed by atoms with E-state index in [-0.39, 0.29) is 0 Å². The van der Waals surface area contributed by atoms with Gasteiger partial charge in [-0.2, -0.15) is 5.26 Å². The minimum absolute atomic E-state index is 0.691. The summed E-state index contributed by atoms with van der Waals surface area (Å²) in [5, 5.41) is 8.58. The van der Waals surface area contributed by atoms with Crippen LogP contribution in [0.4, 0.5) is 0 Å². The van der Waals surface area contributed by atoms with E-state index in [1.807, 2.05) is 31.2 Å². The molecule has 3 nitrogen and oxygen atoms in total. The Morgan fingerprint density at radius 1 is 1.33 bits per heavy atom. The van der Waals surface area contributed by atoms with Crippen molar-refractivity contribution in [2.75, 3.05) is 20.2 Å². The Morgan fingerprint density at radius 2 is 2.00 bits per heavy atom. The lowest BCUT2D eigenvalue weighted by atomic mass is 10.1. The van der Waals surface area contributed by atoms with Crippen molar-refractivity contribution in [2.24, 2.45) is 0 Å². The average Bonchev–Trinajstić information content (AvgIpc) is 2.28. The molecule has 0 aromatic heterocycles. The van der Waals surface area contributed by atoms with Crippen molar-refractivity contribution in [3.05, 3.63) is 29.8 Å². The molecule has 0 aliphatic rings. The van der Waals surface area contributed by atoms with Crippen molar-refractivity contribution in [3.63, 3.8) is 0 Å². The van der Waals surface area contributed by atoms with E-state index in [0.717, 1.165) is 18.7 Å². The summed E-state index contributed by atoms with van der Waals surface area (Å²) in [7, 11) is 1.79. The van der Waals surface area contributed by atoms with Gasteiger partial charge < -0.3 is 9.64 Å². The predicted octanol–water partition coefficient (Wildman–Crippen LogP) is 2.04. The lowest BCUT2D eigenvalue weighted by Gasteiger charge is -2.08. The summed E-state index contributed by atoms with van der Waals surface area (Å²) in [5.41, 5.74) is 1.22. The van der Waals surface area contributed by atoms with E-state index in [1.165, 1.54) is 5.56 Å². The maximum Gasteiger partial charge on any atom is 0.179 e. The lowest BCUT2D eigenvalue weighted by molar-refractivity contribution is 0.340. The lowest BCUT2D eigenvalue weighted by Crippen LogP contribution is -2.14. The summed E-state index contributed by atoms with van der Waals surface area (Å²) < 4.78 is 5.34. The Bertz CT molecular complexity index is 326. The van der Waals surface area contributed by atoms with Crippen LogP contribution < -0.4 is 4.74 Å². The number of ether oxygens (including phenoxy) is 1. The molecule has 0 saturated carbocycles. The maximum atomic E-state index is 8.58. The van der Waals surface area contributed by atoms with Gasteiger partial charge in [0.2, 0.25) is 0 Å². The molecule has 0 bridgehead atoms. The van der Waals surface area contributed by atoms with Crippen LogP contribution in [0.25, 0.3) is 0 Å². The average molecular weight is 204 g/mol. The maximum absolute atomic E-state index is 8.58. The minimum atomic E-state index is 0.691. The van der Waals surface area contributed by atoms with Gasteiger partial charge in [0.05, 0.1) is 6.61 Å². The highest BCUT2D eigenvalue weighted by Crippen LogP contribution is 2.12. The van der Waals surface area contributed by atoms with Crippen LogP contribution in [0.2, 0.25) is 0 Å². The highest BCUT2D eigenvalue weighted by Gasteiger charge is 1.97. The van der Waals surface area contributed by atoms with Gasteiger partial charge in [-0.15, -0.1) is 0 Å². The molecule has 0 heterocycles. The highest BCUT2D eigenvalue weighted by molar-refractivity contribution is 5.27. The Labute approximate surface area is 90.9 Å². The first-order valence-corrected chi connectivity index (χ1v) is 5.09. The molecule has 0 saturated heterocycles. The molecule has 0 aliphatic carbocycles. The Morgan fingerprint density at radius 3 is 2.53 bits per heavy atom. The fraction of sp³-hybridized carbons (Fsp3) is 0.417. The molecular formula is C12H16N2O. The van der Waals surface area contributed by atoms with Crippen LogP contribution in [-0.2, 0) is 6.42 Å². The third-order valence-corrected chi connectivity index (χ3v) is 2.14. The molecule has 0 N–H and O–H groups in total. The van der Waals surface area contributed by atoms with E-state index in [4.69, 9.17) is 10.00 Å². The van der Waals surface area contributed by atoms with Crippen LogP contribution >= 0.6 is 0 Å². The zero-order valence-corrected chi connectivity index (χ0v) is 9.23. The van der Waals surface area contributed by atoms with E-state index in [0.29, 0.717) is 6.61 Å². The van der Waals surface area contributed by atoms with Gasteiger partial charge in [0.25, 0.3) is 0 Å². The quantitative estimate of drug-likeness (QED) is 0.544. The molecule has 1 aromatic carbocycles. The number of rotatable bonds is 5. The van der Waals surface area contributed by atoms with Gasteiger partial charge in [-0.25, -0.2) is 0 Å². The summed E-state index contributed by atoms with van der Waals surface area (Å²) in [4.78, 5) is 1.62. The van der Waals surface area contributed by atoms with Crippen molar-refractivity contribution in [1.82, 2.24) is 4.90 Å². The van der Waals surface area contributed by atoms with Crippen LogP contribution in [0.5, 0.6) is 5.75 Å². The van der Waals surface area contributed by atoms with Crippen LogP contribution in [0.15, 0.2) is 24.3 Å². The zero-order valence-electron chi connectivity index (χ0n) is 9.23. The van der Waals surface area contributed by atoms with Gasteiger partial charge in [0.15, 0.2) is 6.19 Å². The summed E-state index contributed by atoms with van der Waals surface area (Å²) >= 11 is 0. The van der Waals surface area contributed by atoms with Gasteiger partial charge in [-0.05, 0) is 31.0 Å². The molecule has 3 heteroatoms. The second-order valence-corrected chi connectivity index (χ2v) is 3.35. The summed E-state index contributed by atoms with van der Waals surface area (Å²) in [6, 6.07) is 8.00. The minimum Gasteiger partial charge on any atom is -0.494 e. The molecule has 0 atom stereocenters. The Kier molecular flexibility index (Phi) is 4.49. The second kappa shape index (κ2) is 5.92. The molecule has 1 aromatic rings. The number of hydrogen-bond acceptors (Lipinski definition) is 3. The van der Waals surface area contributed by atoms with Crippen molar-refractivity contribution >= 4 is 0 Å². The van der Waals surface area contributed by atoms with Gasteiger partial charge in [-0.3, -0.25) is 0 Å². The number of nitrogens with zero attached hydrogens (tertiary/aromatic N) is 2. The van der Waals surface area contributed by atoms with Crippen LogP contribution in [0, 0.1) is 11.5 Å². The first-order valence-electron chi connectivity index (χ1n) is 5.09. The van der Waals surface area contributed by atoms with Gasteiger partial charge in [0.1, 0.15) is 5.75 Å². The van der Waals surface area contributed by atoms with E-state index in [9.17, 15) is 0 Å². The SMILES string of the molecule is CCOc1ccc(CCN(C)C#N)cc1. The normalized spacial score (nSPS) is 9.40. The standard InChI is InChI=1S/C12H16N2O/c1-3-15-12-6-4-11(5-7-12)8-9-14(2)10-13/h4-7H,3,8-9H2,1-2H3. The van der Waals surface area contributed by atoms with Gasteiger partial charge in [-0.1, -0.05) is 12.1 Å². The molecule has 0 radical (unpaired) electrons. The van der Waals surface area contributed by atoms with Crippen molar-refractivity contribution in [1.29, 1.82) is 5.26 Å². The molecule has 0 unspecified atom stereocenters. The molecule has 0 amide bonds. The first kappa shape index (κ1) is 11.4. The molecule has 15 heavy (non-hydrogen) atoms. The van der Waals surface area contributed by atoms with E-state index >= 15 is 0 Å². The van der Waals surface area contributed by atoms with Crippen LogP contribution in [0.3, 0.4) is 0 Å². The second-order valence-electron chi connectivity index (χ2n) is 3.35. The number of hydrogen-bond donors (Lipinski definition) is 0. The first-order chi connectivity index (χ1) is 7.26. The van der Waals surface area contributed by atoms with Gasteiger partial charge in [0, 0.05) is 13.6 Å². The van der Waals surface area contributed by atoms with Crippen molar-refractivity contribution in [2.45, 2.75) is 13.3 Å². The van der Waals surface area contributed by atoms with E-state index < -0.39 is 0 Å². The smallest absolute Gasteiger partial charge is 0.179 e. The molecule has 0 fully saturated rings. The molecular weight excluding hydrogens is 188 g/mol. The summed E-state index contributed by atoms with van der Waals surface area (Å²) in [6.45, 7) is 3.41. The third-order valence-electron chi connectivity index (χ3n) is 2.14. The monoisotopic (exact) mass is 204 g/mol. The van der Waals surface area contributed by atoms with E-state index in [2.05, 4.69) is 6.19 Å². The largest absolute Gasteiger partial charge is 0.494 e. The van der Waals surface area contributed by atoms with E-state index in [1.54, 1.807) is 11.9 Å². The topological polar surface area (TPSA) is 36.3 Å². The molecule has 0 aliphatic heterocycles. The molecule has 1 rings (SSSR count). The van der Waals surface area contributed by atoms with Crippen molar-refractivity contribution < 1.29 is 4.74 Å². The van der Waals surface area contributed by atoms with Crippen LogP contribution in [-0.4, -0.2) is 25.1 Å². The third kappa shape index (κ3) is 3.90. The fourth-order valence-electron chi connectivity index (χ4n) is 1.27. The Balaban J connectivity index is 2.46.